The van der Waals surface area contributed by atoms with Crippen LogP contribution >= 0.6 is 11.8 Å². The molecule has 4 aromatic rings. The number of rotatable bonds is 5. The molecule has 0 atom stereocenters. The van der Waals surface area contributed by atoms with Gasteiger partial charge in [-0.3, -0.25) is 4.79 Å². The van der Waals surface area contributed by atoms with Crippen molar-refractivity contribution >= 4 is 23.3 Å². The first-order chi connectivity index (χ1) is 13.7. The van der Waals surface area contributed by atoms with Crippen LogP contribution in [0.2, 0.25) is 0 Å². The fourth-order valence-corrected chi connectivity index (χ4v) is 3.70. The molecular weight excluding hydrogens is 372 g/mol. The van der Waals surface area contributed by atoms with Gasteiger partial charge in [0, 0.05) is 28.1 Å². The predicted octanol–water partition coefficient (Wildman–Crippen LogP) is 4.00. The fraction of sp³-hybridized carbons (Fsp3) is 0.0952. The van der Waals surface area contributed by atoms with Crippen molar-refractivity contribution in [2.45, 2.75) is 16.7 Å². The van der Waals surface area contributed by atoms with Crippen LogP contribution in [-0.4, -0.2) is 32.2 Å². The third kappa shape index (κ3) is 3.44. The van der Waals surface area contributed by atoms with Gasteiger partial charge < -0.3 is 10.4 Å². The molecule has 0 spiro atoms. The average Bonchev–Trinajstić information content (AvgIpc) is 3.15. The normalized spacial score (nSPS) is 10.9. The summed E-state index contributed by atoms with van der Waals surface area (Å²) in [6.07, 6.45) is 3.02. The number of benzene rings is 2. The number of hydrogen-bond acceptors (Lipinski definition) is 5. The molecule has 28 heavy (non-hydrogen) atoms. The van der Waals surface area contributed by atoms with Crippen LogP contribution in [-0.2, 0) is 0 Å². The Morgan fingerprint density at radius 3 is 2.50 bits per heavy atom. The smallest absolute Gasteiger partial charge is 0.258 e. The predicted molar refractivity (Wildman–Crippen MR) is 109 cm³/mol. The van der Waals surface area contributed by atoms with Gasteiger partial charge in [0.2, 0.25) is 5.88 Å². The van der Waals surface area contributed by atoms with Crippen LogP contribution in [0.25, 0.3) is 16.8 Å². The summed E-state index contributed by atoms with van der Waals surface area (Å²) >= 11 is 1.69. The Bertz CT molecular complexity index is 1120. The second-order valence-corrected chi connectivity index (χ2v) is 7.24. The lowest BCUT2D eigenvalue weighted by Crippen LogP contribution is -2.23. The molecule has 1 amide bonds. The van der Waals surface area contributed by atoms with E-state index in [1.807, 2.05) is 49.4 Å². The lowest BCUT2D eigenvalue weighted by Gasteiger charge is -2.06. The van der Waals surface area contributed by atoms with E-state index < -0.39 is 0 Å². The Hall–Kier alpha value is -3.32. The molecule has 0 aliphatic heterocycles. The molecule has 2 heterocycles. The van der Waals surface area contributed by atoms with E-state index in [9.17, 15) is 9.90 Å². The summed E-state index contributed by atoms with van der Waals surface area (Å²) in [7, 11) is 0. The molecule has 6 nitrogen and oxygen atoms in total. The van der Waals surface area contributed by atoms with Gasteiger partial charge in [0.15, 0.2) is 5.65 Å². The monoisotopic (exact) mass is 390 g/mol. The van der Waals surface area contributed by atoms with Crippen LogP contribution in [0.1, 0.15) is 17.3 Å². The summed E-state index contributed by atoms with van der Waals surface area (Å²) in [4.78, 5) is 18.7. The lowest BCUT2D eigenvalue weighted by molar-refractivity contribution is 0.0951. The number of aromatic hydroxyl groups is 1. The van der Waals surface area contributed by atoms with Gasteiger partial charge in [-0.25, -0.2) is 4.98 Å². The standard InChI is InChI=1S/C21H18N4O2S/c1-2-22-20(26)18-12-23-19-17(13-24-25(19)21(18)27)14-8-10-16(11-9-14)28-15-6-4-3-5-7-15/h3-13,27H,2H2,1H3,(H,22,26). The van der Waals surface area contributed by atoms with E-state index in [0.717, 1.165) is 16.0 Å². The van der Waals surface area contributed by atoms with Gasteiger partial charge in [-0.15, -0.1) is 0 Å². The summed E-state index contributed by atoms with van der Waals surface area (Å²) in [5.41, 5.74) is 2.31. The van der Waals surface area contributed by atoms with Gasteiger partial charge in [-0.2, -0.15) is 9.61 Å². The van der Waals surface area contributed by atoms with Crippen molar-refractivity contribution in [2.24, 2.45) is 0 Å². The maximum atomic E-state index is 12.0. The van der Waals surface area contributed by atoms with Gasteiger partial charge in [0.05, 0.1) is 6.20 Å². The molecule has 2 aromatic heterocycles. The number of nitrogens with one attached hydrogen (secondary N) is 1. The van der Waals surface area contributed by atoms with E-state index in [0.29, 0.717) is 12.2 Å². The Morgan fingerprint density at radius 2 is 1.79 bits per heavy atom. The van der Waals surface area contributed by atoms with Crippen molar-refractivity contribution in [3.63, 3.8) is 0 Å². The van der Waals surface area contributed by atoms with Gasteiger partial charge in [-0.1, -0.05) is 42.1 Å². The Balaban J connectivity index is 1.64. The first kappa shape index (κ1) is 18.1. The number of carbonyl (C=O) groups excluding carboxylic acids is 1. The minimum Gasteiger partial charge on any atom is -0.493 e. The number of carbonyl (C=O) groups is 1. The molecule has 0 radical (unpaired) electrons. The van der Waals surface area contributed by atoms with Crippen molar-refractivity contribution in [3.05, 3.63) is 72.6 Å². The molecule has 0 aliphatic rings. The first-order valence-electron chi connectivity index (χ1n) is 8.84. The van der Waals surface area contributed by atoms with Crippen molar-refractivity contribution < 1.29 is 9.90 Å². The largest absolute Gasteiger partial charge is 0.493 e. The lowest BCUT2D eigenvalue weighted by atomic mass is 10.1. The highest BCUT2D eigenvalue weighted by molar-refractivity contribution is 7.99. The fourth-order valence-electron chi connectivity index (χ4n) is 2.87. The van der Waals surface area contributed by atoms with Crippen LogP contribution in [0.4, 0.5) is 0 Å². The highest BCUT2D eigenvalue weighted by Crippen LogP contribution is 2.31. The van der Waals surface area contributed by atoms with E-state index in [-0.39, 0.29) is 17.4 Å². The second kappa shape index (κ2) is 7.74. The van der Waals surface area contributed by atoms with Crippen molar-refractivity contribution in [1.82, 2.24) is 19.9 Å². The molecule has 0 saturated heterocycles. The summed E-state index contributed by atoms with van der Waals surface area (Å²) in [6, 6.07) is 18.3. The summed E-state index contributed by atoms with van der Waals surface area (Å²) in [5, 5.41) is 17.3. The van der Waals surface area contributed by atoms with Crippen LogP contribution in [0.5, 0.6) is 5.88 Å². The van der Waals surface area contributed by atoms with Gasteiger partial charge in [0.1, 0.15) is 5.56 Å². The summed E-state index contributed by atoms with van der Waals surface area (Å²) in [5.74, 6) is -0.604. The van der Waals surface area contributed by atoms with Crippen molar-refractivity contribution in [1.29, 1.82) is 0 Å². The zero-order valence-corrected chi connectivity index (χ0v) is 16.0. The summed E-state index contributed by atoms with van der Waals surface area (Å²) < 4.78 is 1.28. The molecule has 0 bridgehead atoms. The molecule has 2 N–H and O–H groups in total. The Kier molecular flexibility index (Phi) is 4.99. The molecule has 0 unspecified atom stereocenters. The summed E-state index contributed by atoms with van der Waals surface area (Å²) in [6.45, 7) is 2.28. The maximum Gasteiger partial charge on any atom is 0.258 e. The number of amides is 1. The molecule has 0 saturated carbocycles. The molecular formula is C21H18N4O2S. The number of nitrogens with zero attached hydrogens (tertiary/aromatic N) is 3. The van der Waals surface area contributed by atoms with Crippen LogP contribution in [0.15, 0.2) is 76.8 Å². The van der Waals surface area contributed by atoms with E-state index in [4.69, 9.17) is 0 Å². The zero-order chi connectivity index (χ0) is 19.5. The number of fused-ring (bicyclic) bond motifs is 1. The van der Waals surface area contributed by atoms with Crippen LogP contribution in [0, 0.1) is 0 Å². The minimum absolute atomic E-state index is 0.0959. The third-order valence-electron chi connectivity index (χ3n) is 4.23. The highest BCUT2D eigenvalue weighted by atomic mass is 32.2. The number of hydrogen-bond donors (Lipinski definition) is 2. The Morgan fingerprint density at radius 1 is 1.07 bits per heavy atom. The molecule has 0 fully saturated rings. The van der Waals surface area contributed by atoms with Crippen LogP contribution < -0.4 is 5.32 Å². The molecule has 0 aliphatic carbocycles. The van der Waals surface area contributed by atoms with E-state index in [1.54, 1.807) is 18.0 Å². The molecule has 4 rings (SSSR count). The SMILES string of the molecule is CCNC(=O)c1cnc2c(-c3ccc(Sc4ccccc4)cc3)cnn2c1O. The zero-order valence-electron chi connectivity index (χ0n) is 15.2. The average molecular weight is 390 g/mol. The van der Waals surface area contributed by atoms with Crippen molar-refractivity contribution in [2.75, 3.05) is 6.54 Å². The van der Waals surface area contributed by atoms with Crippen molar-refractivity contribution in [3.8, 4) is 17.0 Å². The quantitative estimate of drug-likeness (QED) is 0.538. The van der Waals surface area contributed by atoms with E-state index in [1.165, 1.54) is 15.6 Å². The number of aromatic nitrogens is 3. The van der Waals surface area contributed by atoms with Crippen LogP contribution in [0.3, 0.4) is 0 Å². The van der Waals surface area contributed by atoms with E-state index in [2.05, 4.69) is 27.5 Å². The van der Waals surface area contributed by atoms with Gasteiger partial charge in [0.25, 0.3) is 5.91 Å². The van der Waals surface area contributed by atoms with Gasteiger partial charge >= 0.3 is 0 Å². The highest BCUT2D eigenvalue weighted by Gasteiger charge is 2.18. The third-order valence-corrected chi connectivity index (χ3v) is 5.24. The molecule has 140 valence electrons. The maximum absolute atomic E-state index is 12.0. The Labute approximate surface area is 166 Å². The second-order valence-electron chi connectivity index (χ2n) is 6.09. The molecule has 2 aromatic carbocycles. The topological polar surface area (TPSA) is 79.5 Å². The molecule has 7 heteroatoms. The minimum atomic E-state index is -0.381. The van der Waals surface area contributed by atoms with E-state index >= 15 is 0 Å². The first-order valence-corrected chi connectivity index (χ1v) is 9.66. The van der Waals surface area contributed by atoms with Gasteiger partial charge in [-0.05, 0) is 36.8 Å².